The third-order valence-corrected chi connectivity index (χ3v) is 15.8. The van der Waals surface area contributed by atoms with Crippen LogP contribution in [0.2, 0.25) is 0 Å². The van der Waals surface area contributed by atoms with Gasteiger partial charge in [0.25, 0.3) is 0 Å². The van der Waals surface area contributed by atoms with Gasteiger partial charge in [0.1, 0.15) is 11.5 Å². The summed E-state index contributed by atoms with van der Waals surface area (Å²) in [6.45, 7) is 8.00. The molecule has 2 aromatic rings. The lowest BCUT2D eigenvalue weighted by Gasteiger charge is -2.58. The minimum Gasteiger partial charge on any atom is -0.460 e. The van der Waals surface area contributed by atoms with Crippen LogP contribution >= 0.6 is 11.8 Å². The zero-order valence-corrected chi connectivity index (χ0v) is 41.7. The van der Waals surface area contributed by atoms with Gasteiger partial charge in [-0.25, -0.2) is 4.79 Å². The van der Waals surface area contributed by atoms with E-state index in [2.05, 4.69) is 24.9 Å². The number of benzene rings is 2. The van der Waals surface area contributed by atoms with Gasteiger partial charge in [-0.2, -0.15) is 11.8 Å². The highest BCUT2D eigenvalue weighted by atomic mass is 32.2. The van der Waals surface area contributed by atoms with Gasteiger partial charge in [0.15, 0.2) is 0 Å². The van der Waals surface area contributed by atoms with Crippen molar-refractivity contribution in [1.29, 1.82) is 0 Å². The van der Waals surface area contributed by atoms with Gasteiger partial charge in [-0.3, -0.25) is 0 Å². The van der Waals surface area contributed by atoms with Crippen molar-refractivity contribution in [3.8, 4) is 11.5 Å². The van der Waals surface area contributed by atoms with Gasteiger partial charge in [-0.05, 0) is 91.9 Å². The third kappa shape index (κ3) is 15.8. The Balaban J connectivity index is 1.27. The molecule has 1 saturated heterocycles. The zero-order valence-electron chi connectivity index (χ0n) is 40.9. The molecule has 7 atom stereocenters. The highest BCUT2D eigenvalue weighted by Crippen LogP contribution is 2.62. The van der Waals surface area contributed by atoms with Crippen LogP contribution in [-0.4, -0.2) is 71.5 Å². The lowest BCUT2D eigenvalue weighted by molar-refractivity contribution is -0.223. The molecule has 67 heavy (non-hydrogen) atoms. The number of unbranched alkanes of at least 4 members (excludes halogenated alkanes) is 15. The number of rotatable bonds is 32. The van der Waals surface area contributed by atoms with E-state index in [0.29, 0.717) is 38.3 Å². The molecule has 11 heteroatoms. The summed E-state index contributed by atoms with van der Waals surface area (Å²) in [5, 5.41) is 27.7. The predicted molar refractivity (Wildman–Crippen MR) is 272 cm³/mol. The molecular formula is C56H84N2O8S. The largest absolute Gasteiger partial charge is 0.460 e. The van der Waals surface area contributed by atoms with Crippen molar-refractivity contribution < 1.29 is 38.8 Å². The van der Waals surface area contributed by atoms with Gasteiger partial charge in [0, 0.05) is 44.1 Å². The van der Waals surface area contributed by atoms with Gasteiger partial charge in [-0.1, -0.05) is 151 Å². The van der Waals surface area contributed by atoms with E-state index in [-0.39, 0.29) is 48.4 Å². The number of carbonyl (C=O) groups excluding carboxylic acids is 1. The molecule has 0 bridgehead atoms. The fourth-order valence-electron chi connectivity index (χ4n) is 10.9. The van der Waals surface area contributed by atoms with E-state index < -0.39 is 11.9 Å². The van der Waals surface area contributed by atoms with Crippen molar-refractivity contribution in [3.63, 3.8) is 0 Å². The molecule has 1 amide bonds. The Hall–Kier alpha value is -3.35. The summed E-state index contributed by atoms with van der Waals surface area (Å²) in [6.07, 6.45) is 30.3. The van der Waals surface area contributed by atoms with Crippen molar-refractivity contribution in [2.45, 2.75) is 191 Å². The van der Waals surface area contributed by atoms with Crippen molar-refractivity contribution in [3.05, 3.63) is 84.0 Å². The smallest absolute Gasteiger partial charge is 0.412 e. The summed E-state index contributed by atoms with van der Waals surface area (Å²) in [7, 11) is 0. The van der Waals surface area contributed by atoms with Gasteiger partial charge >= 0.3 is 6.09 Å². The molecule has 372 valence electrons. The SMILES string of the molecule is C=CCO[C@@]12Oc3ccc(OC(=O)NCc4ccccc4)cc3[C@H]3[C@H](CCCCO)[C@@H](CCCCO)C=C(C(=NOC4CCCCO4)C[C@@H]1SCCCCCCCCCCCCCCCC)[C@H]32. The number of aliphatic hydroxyl groups excluding tert-OH is 2. The Bertz CT molecular complexity index is 1800. The standard InChI is InChI=1S/C56H84N2O8S/c1-3-5-6-7-8-9-10-11-12-13-14-15-16-26-38-67-51-41-49(58-66-52-31-22-25-37-62-52)47-39-44(29-20-23-34-59)46(30-21-24-35-60)53-48-40-45(64-55(61)57-42-43-27-18-17-19-28-43)32-33-50(48)65-56(51,54(47)53)63-36-4-2/h4,17-19,27-28,32-33,39-40,44,46,51-54,59-60H,2-3,5-16,20-26,29-31,34-38,41-42H2,1H3,(H,57,61)/t44-,46+,51-,52?,53+,54+,56+/m0/s1. The zero-order chi connectivity index (χ0) is 46.9. The molecule has 2 heterocycles. The highest BCUT2D eigenvalue weighted by molar-refractivity contribution is 8.00. The lowest BCUT2D eigenvalue weighted by atomic mass is 9.56. The number of amides is 1. The van der Waals surface area contributed by atoms with Gasteiger partial charge in [0.05, 0.1) is 30.1 Å². The van der Waals surface area contributed by atoms with E-state index >= 15 is 0 Å². The molecule has 2 aliphatic heterocycles. The molecule has 0 aromatic heterocycles. The number of fused-ring (bicyclic) bond motifs is 2. The summed E-state index contributed by atoms with van der Waals surface area (Å²) in [5.74, 6) is 1.06. The summed E-state index contributed by atoms with van der Waals surface area (Å²) in [5.41, 5.74) is 3.97. The maximum absolute atomic E-state index is 13.3. The van der Waals surface area contributed by atoms with Crippen molar-refractivity contribution >= 4 is 23.6 Å². The Morgan fingerprint density at radius 1 is 0.881 bits per heavy atom. The van der Waals surface area contributed by atoms with E-state index in [1.807, 2.05) is 66.4 Å². The molecule has 6 rings (SSSR count). The molecule has 10 nitrogen and oxygen atoms in total. The first-order chi connectivity index (χ1) is 33.0. The summed E-state index contributed by atoms with van der Waals surface area (Å²) < 4.78 is 26.5. The van der Waals surface area contributed by atoms with Crippen LogP contribution in [0.5, 0.6) is 11.5 Å². The predicted octanol–water partition coefficient (Wildman–Crippen LogP) is 13.3. The van der Waals surface area contributed by atoms with E-state index in [4.69, 9.17) is 28.9 Å². The summed E-state index contributed by atoms with van der Waals surface area (Å²) >= 11 is 1.93. The lowest BCUT2D eigenvalue weighted by Crippen LogP contribution is -2.64. The first-order valence-electron chi connectivity index (χ1n) is 26.5. The second-order valence-electron chi connectivity index (χ2n) is 19.3. The first kappa shape index (κ1) is 53.0. The number of ether oxygens (including phenoxy) is 4. The highest BCUT2D eigenvalue weighted by Gasteiger charge is 2.64. The average molecular weight is 945 g/mol. The second kappa shape index (κ2) is 29.6. The number of allylic oxidation sites excluding steroid dienone is 1. The van der Waals surface area contributed by atoms with Crippen LogP contribution in [-0.2, 0) is 20.9 Å². The monoisotopic (exact) mass is 945 g/mol. The van der Waals surface area contributed by atoms with Gasteiger partial charge in [-0.15, -0.1) is 6.58 Å². The quantitative estimate of drug-likeness (QED) is 0.0373. The first-order valence-corrected chi connectivity index (χ1v) is 27.5. The Kier molecular flexibility index (Phi) is 23.4. The molecular weight excluding hydrogens is 861 g/mol. The van der Waals surface area contributed by atoms with E-state index in [9.17, 15) is 15.0 Å². The van der Waals surface area contributed by atoms with Crippen LogP contribution < -0.4 is 14.8 Å². The van der Waals surface area contributed by atoms with Crippen molar-refractivity contribution in [1.82, 2.24) is 5.32 Å². The fraction of sp³-hybridized carbons (Fsp3) is 0.679. The molecule has 2 fully saturated rings. The maximum Gasteiger partial charge on any atom is 0.412 e. The molecule has 0 radical (unpaired) electrons. The topological polar surface area (TPSA) is 128 Å². The van der Waals surface area contributed by atoms with Crippen LogP contribution in [0, 0.1) is 17.8 Å². The van der Waals surface area contributed by atoms with E-state index in [0.717, 1.165) is 91.7 Å². The number of carbonyl (C=O) groups is 1. The van der Waals surface area contributed by atoms with Gasteiger partial charge in [0.2, 0.25) is 12.1 Å². The fourth-order valence-corrected chi connectivity index (χ4v) is 12.3. The van der Waals surface area contributed by atoms with Crippen LogP contribution in [0.15, 0.2) is 78.0 Å². The number of nitrogens with one attached hydrogen (secondary N) is 1. The number of nitrogens with zero attached hydrogens (tertiary/aromatic N) is 1. The molecule has 1 saturated carbocycles. The molecule has 4 aliphatic rings. The number of aliphatic hydroxyl groups is 2. The summed E-state index contributed by atoms with van der Waals surface area (Å²) in [6, 6.07) is 15.6. The maximum atomic E-state index is 13.3. The normalized spacial score (nSPS) is 24.8. The summed E-state index contributed by atoms with van der Waals surface area (Å²) in [4.78, 5) is 19.6. The minimum absolute atomic E-state index is 0.0945. The van der Waals surface area contributed by atoms with E-state index in [1.165, 1.54) is 83.5 Å². The Morgan fingerprint density at radius 2 is 1.58 bits per heavy atom. The van der Waals surface area contributed by atoms with Crippen LogP contribution in [0.1, 0.15) is 178 Å². The number of thioether (sulfide) groups is 1. The third-order valence-electron chi connectivity index (χ3n) is 14.3. The molecule has 2 aliphatic carbocycles. The van der Waals surface area contributed by atoms with Crippen molar-refractivity contribution in [2.75, 3.05) is 32.2 Å². The minimum atomic E-state index is -1.04. The van der Waals surface area contributed by atoms with E-state index in [1.54, 1.807) is 0 Å². The molecule has 1 unspecified atom stereocenters. The number of hydrogen-bond acceptors (Lipinski definition) is 10. The van der Waals surface area contributed by atoms with Crippen molar-refractivity contribution in [2.24, 2.45) is 22.9 Å². The molecule has 3 N–H and O–H groups in total. The Labute approximate surface area is 407 Å². The Morgan fingerprint density at radius 3 is 2.25 bits per heavy atom. The van der Waals surface area contributed by atoms with Gasteiger partial charge < -0.3 is 39.3 Å². The number of hydrogen-bond donors (Lipinski definition) is 3. The van der Waals surface area contributed by atoms with Crippen LogP contribution in [0.4, 0.5) is 4.79 Å². The second-order valence-corrected chi connectivity index (χ2v) is 20.7. The number of oxime groups is 1. The van der Waals surface area contributed by atoms with Crippen LogP contribution in [0.25, 0.3) is 0 Å². The average Bonchev–Trinajstić information content (AvgIpc) is 3.35. The van der Waals surface area contributed by atoms with Crippen LogP contribution in [0.3, 0.4) is 0 Å². The molecule has 0 spiro atoms. The molecule has 2 aromatic carbocycles.